The number of rotatable bonds is 44. The van der Waals surface area contributed by atoms with Crippen LogP contribution in [0.3, 0.4) is 0 Å². The van der Waals surface area contributed by atoms with Crippen LogP contribution < -0.4 is 0 Å². The molecule has 0 aliphatic heterocycles. The molecule has 6 heteroatoms. The van der Waals surface area contributed by atoms with E-state index in [1.54, 1.807) is 0 Å². The summed E-state index contributed by atoms with van der Waals surface area (Å²) in [7, 11) is 0. The van der Waals surface area contributed by atoms with E-state index in [4.69, 9.17) is 14.2 Å². The Kier molecular flexibility index (Phi) is 48.1. The van der Waals surface area contributed by atoms with Crippen LogP contribution in [-0.4, -0.2) is 37.2 Å². The molecule has 0 aromatic heterocycles. The van der Waals surface area contributed by atoms with Gasteiger partial charge < -0.3 is 14.2 Å². The van der Waals surface area contributed by atoms with E-state index < -0.39 is 6.10 Å². The summed E-state index contributed by atoms with van der Waals surface area (Å²) in [6.07, 6.45) is 70.5. The van der Waals surface area contributed by atoms with Crippen LogP contribution in [0.1, 0.15) is 207 Å². The number of hydrogen-bond donors (Lipinski definition) is 0. The minimum Gasteiger partial charge on any atom is -0.462 e. The maximum absolute atomic E-state index is 12.8. The van der Waals surface area contributed by atoms with Gasteiger partial charge in [-0.2, -0.15) is 0 Å². The van der Waals surface area contributed by atoms with Crippen LogP contribution in [-0.2, 0) is 28.6 Å². The van der Waals surface area contributed by atoms with Gasteiger partial charge in [-0.3, -0.25) is 14.4 Å². The molecule has 1 atom stereocenters. The molecule has 0 aromatic carbocycles. The average Bonchev–Trinajstić information content (AvgIpc) is 3.29. The standard InChI is InChI=1S/C58H92O6/c1-4-7-10-13-16-19-22-25-27-28-29-31-33-36-39-42-45-48-51-57(60)63-54-55(53-62-56(59)50-47-44-41-38-35-32-24-21-18-15-12-9-6-3)64-58(61)52-49-46-43-40-37-34-30-26-23-20-17-14-11-8-5-2/h8-9,11-12,14-15,17-18,20-21,23-24,27-29,31-32,35,38,41,55H,4-7,10,13,16,19,22,25-26,30,33-34,36-37,39-40,42-54H2,1-3H3/b11-8+,12-9+,17-14+,18-15+,23-20+,24-21+,28-27+,31-29+,35-32+,41-38+. The van der Waals surface area contributed by atoms with Gasteiger partial charge in [0, 0.05) is 19.3 Å². The monoisotopic (exact) mass is 885 g/mol. The first-order valence-corrected chi connectivity index (χ1v) is 25.7. The zero-order valence-electron chi connectivity index (χ0n) is 41.0. The maximum Gasteiger partial charge on any atom is 0.306 e. The molecular formula is C58H92O6. The van der Waals surface area contributed by atoms with Crippen LogP contribution in [0.5, 0.6) is 0 Å². The molecule has 0 heterocycles. The lowest BCUT2D eigenvalue weighted by atomic mass is 10.1. The second kappa shape index (κ2) is 51.4. The third-order valence-corrected chi connectivity index (χ3v) is 10.4. The van der Waals surface area contributed by atoms with Crippen LogP contribution >= 0.6 is 0 Å². The van der Waals surface area contributed by atoms with Gasteiger partial charge in [-0.15, -0.1) is 0 Å². The van der Waals surface area contributed by atoms with E-state index in [1.807, 2.05) is 54.7 Å². The van der Waals surface area contributed by atoms with Crippen LogP contribution in [0, 0.1) is 0 Å². The first-order chi connectivity index (χ1) is 31.5. The molecule has 0 radical (unpaired) electrons. The predicted molar refractivity (Wildman–Crippen MR) is 274 cm³/mol. The van der Waals surface area contributed by atoms with Gasteiger partial charge in [-0.1, -0.05) is 232 Å². The second-order valence-corrected chi connectivity index (χ2v) is 16.5. The van der Waals surface area contributed by atoms with Crippen molar-refractivity contribution < 1.29 is 28.6 Å². The van der Waals surface area contributed by atoms with Crippen molar-refractivity contribution in [3.05, 3.63) is 122 Å². The van der Waals surface area contributed by atoms with E-state index in [1.165, 1.54) is 70.6 Å². The Hall–Kier alpha value is -4.19. The molecule has 0 spiro atoms. The van der Waals surface area contributed by atoms with Gasteiger partial charge in [0.05, 0.1) is 0 Å². The number of ether oxygens (including phenoxy) is 3. The van der Waals surface area contributed by atoms with Crippen molar-refractivity contribution >= 4 is 17.9 Å². The molecule has 360 valence electrons. The summed E-state index contributed by atoms with van der Waals surface area (Å²) in [6, 6.07) is 0. The van der Waals surface area contributed by atoms with Crippen LogP contribution in [0.2, 0.25) is 0 Å². The van der Waals surface area contributed by atoms with Crippen molar-refractivity contribution in [2.75, 3.05) is 13.2 Å². The molecule has 0 amide bonds. The molecule has 64 heavy (non-hydrogen) atoms. The molecule has 0 aliphatic rings. The summed E-state index contributed by atoms with van der Waals surface area (Å²) in [6.45, 7) is 6.25. The lowest BCUT2D eigenvalue weighted by Gasteiger charge is -2.18. The fourth-order valence-corrected chi connectivity index (χ4v) is 6.58. The van der Waals surface area contributed by atoms with Crippen molar-refractivity contribution in [3.8, 4) is 0 Å². The Bertz CT molecular complexity index is 1390. The van der Waals surface area contributed by atoms with Crippen molar-refractivity contribution in [1.29, 1.82) is 0 Å². The number of carbonyl (C=O) groups excluding carboxylic acids is 3. The van der Waals surface area contributed by atoms with Crippen LogP contribution in [0.4, 0.5) is 0 Å². The van der Waals surface area contributed by atoms with Crippen molar-refractivity contribution in [2.45, 2.75) is 213 Å². The Morgan fingerprint density at radius 1 is 0.328 bits per heavy atom. The number of carbonyl (C=O) groups is 3. The smallest absolute Gasteiger partial charge is 0.306 e. The van der Waals surface area contributed by atoms with E-state index in [0.29, 0.717) is 19.3 Å². The van der Waals surface area contributed by atoms with Crippen molar-refractivity contribution in [2.24, 2.45) is 0 Å². The predicted octanol–water partition coefficient (Wildman–Crippen LogP) is 16.9. The van der Waals surface area contributed by atoms with Gasteiger partial charge in [0.1, 0.15) is 13.2 Å². The van der Waals surface area contributed by atoms with Crippen LogP contribution in [0.15, 0.2) is 122 Å². The highest BCUT2D eigenvalue weighted by molar-refractivity contribution is 5.71. The largest absolute Gasteiger partial charge is 0.462 e. The quantitative estimate of drug-likeness (QED) is 0.0262. The summed E-state index contributed by atoms with van der Waals surface area (Å²) < 4.78 is 16.7. The molecule has 0 saturated carbocycles. The van der Waals surface area contributed by atoms with Gasteiger partial charge in [0.2, 0.25) is 0 Å². The normalized spacial score (nSPS) is 13.1. The van der Waals surface area contributed by atoms with Gasteiger partial charge >= 0.3 is 17.9 Å². The third kappa shape index (κ3) is 48.8. The molecule has 0 fully saturated rings. The molecule has 0 N–H and O–H groups in total. The second-order valence-electron chi connectivity index (χ2n) is 16.5. The van der Waals surface area contributed by atoms with Crippen molar-refractivity contribution in [3.63, 3.8) is 0 Å². The highest BCUT2D eigenvalue weighted by atomic mass is 16.6. The summed E-state index contributed by atoms with van der Waals surface area (Å²) >= 11 is 0. The molecule has 0 bridgehead atoms. The van der Waals surface area contributed by atoms with Crippen molar-refractivity contribution in [1.82, 2.24) is 0 Å². The van der Waals surface area contributed by atoms with Gasteiger partial charge in [-0.05, 0) is 77.0 Å². The average molecular weight is 885 g/mol. The zero-order valence-corrected chi connectivity index (χ0v) is 41.0. The van der Waals surface area contributed by atoms with Gasteiger partial charge in [-0.25, -0.2) is 0 Å². The number of unbranched alkanes of at least 4 members (excludes halogenated alkanes) is 20. The fourth-order valence-electron chi connectivity index (χ4n) is 6.58. The molecule has 0 saturated heterocycles. The van der Waals surface area contributed by atoms with E-state index in [0.717, 1.165) is 89.9 Å². The lowest BCUT2D eigenvalue weighted by molar-refractivity contribution is -0.167. The molecule has 0 aliphatic carbocycles. The number of hydrogen-bond acceptors (Lipinski definition) is 6. The van der Waals surface area contributed by atoms with Gasteiger partial charge in [0.25, 0.3) is 0 Å². The van der Waals surface area contributed by atoms with E-state index in [2.05, 4.69) is 87.6 Å². The Labute approximate surface area is 392 Å². The first-order valence-electron chi connectivity index (χ1n) is 25.7. The summed E-state index contributed by atoms with van der Waals surface area (Å²) in [5, 5.41) is 0. The first kappa shape index (κ1) is 59.8. The number of allylic oxidation sites excluding steroid dienone is 20. The van der Waals surface area contributed by atoms with E-state index in [-0.39, 0.29) is 37.5 Å². The molecular weight excluding hydrogens is 793 g/mol. The number of esters is 3. The maximum atomic E-state index is 12.8. The highest BCUT2D eigenvalue weighted by Crippen LogP contribution is 2.13. The lowest BCUT2D eigenvalue weighted by Crippen LogP contribution is -2.30. The molecule has 0 aromatic rings. The molecule has 6 nitrogen and oxygen atoms in total. The topological polar surface area (TPSA) is 78.9 Å². The summed E-state index contributed by atoms with van der Waals surface area (Å²) in [4.78, 5) is 37.9. The minimum absolute atomic E-state index is 0.117. The van der Waals surface area contributed by atoms with E-state index in [9.17, 15) is 14.4 Å². The summed E-state index contributed by atoms with van der Waals surface area (Å²) in [5.41, 5.74) is 0. The third-order valence-electron chi connectivity index (χ3n) is 10.4. The van der Waals surface area contributed by atoms with E-state index >= 15 is 0 Å². The SMILES string of the molecule is CC/C=C/C=C/C=C/C=C/C=C/CCCC(=O)OCC(COC(=O)CCCCCCC/C=C/C=C/CCCCCCCCC)OC(=O)CCCCCCCCC/C=C/C=C/C=C/CC. The highest BCUT2D eigenvalue weighted by Gasteiger charge is 2.19. The summed E-state index contributed by atoms with van der Waals surface area (Å²) in [5.74, 6) is -1.03. The van der Waals surface area contributed by atoms with Gasteiger partial charge in [0.15, 0.2) is 6.10 Å². The fraction of sp³-hybridized carbons (Fsp3) is 0.603. The Morgan fingerprint density at radius 3 is 1.03 bits per heavy atom. The minimum atomic E-state index is -0.823. The Balaban J connectivity index is 4.53. The van der Waals surface area contributed by atoms with Crippen LogP contribution in [0.25, 0.3) is 0 Å². The zero-order chi connectivity index (χ0) is 46.5. The molecule has 1 unspecified atom stereocenters. The Morgan fingerprint density at radius 2 is 0.625 bits per heavy atom. The molecule has 0 rings (SSSR count).